The summed E-state index contributed by atoms with van der Waals surface area (Å²) in [5.74, 6) is 0.460. The number of aliphatic carboxylic acids is 1. The van der Waals surface area contributed by atoms with Gasteiger partial charge in [-0.15, -0.1) is 0 Å². The molecular formula is C13H17NO4S. The molecular weight excluding hydrogens is 266 g/mol. The predicted octanol–water partition coefficient (Wildman–Crippen LogP) is 2.23. The first-order valence-electron chi connectivity index (χ1n) is 5.94. The Bertz CT molecular complexity index is 419. The fourth-order valence-electron chi connectivity index (χ4n) is 1.32. The Morgan fingerprint density at radius 1 is 1.32 bits per heavy atom. The SMILES string of the molecule is CCOc1ccc(NC(=O)CSCCC(=O)O)cc1. The molecule has 1 aromatic carbocycles. The van der Waals surface area contributed by atoms with Crippen LogP contribution in [0.4, 0.5) is 5.69 Å². The molecule has 0 aliphatic carbocycles. The number of carboxylic acid groups (broad SMARTS) is 1. The van der Waals surface area contributed by atoms with Gasteiger partial charge in [0.2, 0.25) is 5.91 Å². The number of nitrogens with one attached hydrogen (secondary N) is 1. The summed E-state index contributed by atoms with van der Waals surface area (Å²) in [5.41, 5.74) is 0.701. The van der Waals surface area contributed by atoms with E-state index >= 15 is 0 Å². The number of rotatable bonds is 8. The molecule has 0 aliphatic rings. The highest BCUT2D eigenvalue weighted by atomic mass is 32.2. The van der Waals surface area contributed by atoms with Gasteiger partial charge in [-0.05, 0) is 31.2 Å². The van der Waals surface area contributed by atoms with Crippen LogP contribution in [0.3, 0.4) is 0 Å². The number of carboxylic acids is 1. The predicted molar refractivity (Wildman–Crippen MR) is 75.8 cm³/mol. The molecule has 0 heterocycles. The van der Waals surface area contributed by atoms with E-state index in [1.54, 1.807) is 24.3 Å². The standard InChI is InChI=1S/C13H17NO4S/c1-2-18-11-5-3-10(4-6-11)14-12(15)9-19-8-7-13(16)17/h3-6H,2,7-9H2,1H3,(H,14,15)(H,16,17). The van der Waals surface area contributed by atoms with Gasteiger partial charge in [-0.25, -0.2) is 0 Å². The van der Waals surface area contributed by atoms with E-state index in [0.717, 1.165) is 5.75 Å². The lowest BCUT2D eigenvalue weighted by Gasteiger charge is -2.06. The molecule has 0 aliphatic heterocycles. The Hall–Kier alpha value is -1.69. The van der Waals surface area contributed by atoms with Gasteiger partial charge in [0.25, 0.3) is 0 Å². The lowest BCUT2D eigenvalue weighted by Crippen LogP contribution is -2.14. The molecule has 0 unspecified atom stereocenters. The first-order valence-corrected chi connectivity index (χ1v) is 7.09. The molecule has 1 rings (SSSR count). The maximum Gasteiger partial charge on any atom is 0.304 e. The van der Waals surface area contributed by atoms with Gasteiger partial charge in [0, 0.05) is 11.4 Å². The number of amides is 1. The van der Waals surface area contributed by atoms with Crippen LogP contribution >= 0.6 is 11.8 Å². The topological polar surface area (TPSA) is 75.6 Å². The fourth-order valence-corrected chi connectivity index (χ4v) is 2.04. The zero-order valence-corrected chi connectivity index (χ0v) is 11.5. The summed E-state index contributed by atoms with van der Waals surface area (Å²) in [6, 6.07) is 7.11. The monoisotopic (exact) mass is 283 g/mol. The molecule has 0 saturated carbocycles. The molecule has 19 heavy (non-hydrogen) atoms. The van der Waals surface area contributed by atoms with E-state index < -0.39 is 5.97 Å². The van der Waals surface area contributed by atoms with Crippen LogP contribution in [0.1, 0.15) is 13.3 Å². The molecule has 0 aromatic heterocycles. The van der Waals surface area contributed by atoms with Crippen LogP contribution in [-0.4, -0.2) is 35.1 Å². The van der Waals surface area contributed by atoms with Crippen LogP contribution in [-0.2, 0) is 9.59 Å². The Morgan fingerprint density at radius 3 is 2.58 bits per heavy atom. The van der Waals surface area contributed by atoms with Crippen LogP contribution < -0.4 is 10.1 Å². The summed E-state index contributed by atoms with van der Waals surface area (Å²) in [6.45, 7) is 2.51. The van der Waals surface area contributed by atoms with Crippen molar-refractivity contribution in [2.45, 2.75) is 13.3 Å². The smallest absolute Gasteiger partial charge is 0.304 e. The summed E-state index contributed by atoms with van der Waals surface area (Å²) >= 11 is 1.30. The van der Waals surface area contributed by atoms with E-state index in [1.165, 1.54) is 11.8 Å². The second kappa shape index (κ2) is 8.42. The van der Waals surface area contributed by atoms with Gasteiger partial charge >= 0.3 is 5.97 Å². The molecule has 2 N–H and O–H groups in total. The van der Waals surface area contributed by atoms with Gasteiger partial charge < -0.3 is 15.2 Å². The number of ether oxygens (including phenoxy) is 1. The van der Waals surface area contributed by atoms with Crippen molar-refractivity contribution in [1.82, 2.24) is 0 Å². The van der Waals surface area contributed by atoms with Gasteiger partial charge in [-0.2, -0.15) is 11.8 Å². The lowest BCUT2D eigenvalue weighted by molar-refractivity contribution is -0.136. The quantitative estimate of drug-likeness (QED) is 0.716. The third kappa shape index (κ3) is 6.71. The van der Waals surface area contributed by atoms with Crippen molar-refractivity contribution in [2.75, 3.05) is 23.4 Å². The van der Waals surface area contributed by atoms with E-state index in [-0.39, 0.29) is 18.1 Å². The first-order chi connectivity index (χ1) is 9.11. The summed E-state index contributed by atoms with van der Waals surface area (Å²) in [4.78, 5) is 21.9. The first kappa shape index (κ1) is 15.4. The molecule has 0 spiro atoms. The molecule has 5 nitrogen and oxygen atoms in total. The Balaban J connectivity index is 2.29. The van der Waals surface area contributed by atoms with E-state index in [0.29, 0.717) is 18.0 Å². The van der Waals surface area contributed by atoms with Crippen molar-refractivity contribution in [3.63, 3.8) is 0 Å². The maximum atomic E-state index is 11.6. The van der Waals surface area contributed by atoms with Gasteiger partial charge in [-0.1, -0.05) is 0 Å². The Labute approximate surface area is 116 Å². The molecule has 6 heteroatoms. The van der Waals surface area contributed by atoms with Crippen LogP contribution in [0.5, 0.6) is 5.75 Å². The van der Waals surface area contributed by atoms with Gasteiger partial charge in [0.1, 0.15) is 5.75 Å². The number of benzene rings is 1. The van der Waals surface area contributed by atoms with Crippen molar-refractivity contribution in [2.24, 2.45) is 0 Å². The Kier molecular flexibility index (Phi) is 6.81. The van der Waals surface area contributed by atoms with E-state index in [4.69, 9.17) is 9.84 Å². The normalized spacial score (nSPS) is 9.95. The Morgan fingerprint density at radius 2 is 2.00 bits per heavy atom. The van der Waals surface area contributed by atoms with Gasteiger partial charge in [0.05, 0.1) is 18.8 Å². The van der Waals surface area contributed by atoms with Crippen molar-refractivity contribution >= 4 is 29.3 Å². The number of carbonyl (C=O) groups is 2. The molecule has 0 fully saturated rings. The number of thioether (sulfide) groups is 1. The van der Waals surface area contributed by atoms with Crippen LogP contribution in [0.2, 0.25) is 0 Å². The molecule has 1 aromatic rings. The minimum Gasteiger partial charge on any atom is -0.494 e. The van der Waals surface area contributed by atoms with E-state index in [1.807, 2.05) is 6.92 Å². The number of hydrogen-bond donors (Lipinski definition) is 2. The van der Waals surface area contributed by atoms with Crippen molar-refractivity contribution in [3.8, 4) is 5.75 Å². The third-order valence-electron chi connectivity index (χ3n) is 2.14. The van der Waals surface area contributed by atoms with Crippen molar-refractivity contribution < 1.29 is 19.4 Å². The van der Waals surface area contributed by atoms with Crippen molar-refractivity contribution in [1.29, 1.82) is 0 Å². The lowest BCUT2D eigenvalue weighted by atomic mass is 10.3. The molecule has 0 saturated heterocycles. The van der Waals surface area contributed by atoms with E-state index in [2.05, 4.69) is 5.32 Å². The minimum atomic E-state index is -0.848. The minimum absolute atomic E-state index is 0.0704. The summed E-state index contributed by atoms with van der Waals surface area (Å²) in [7, 11) is 0. The molecule has 1 amide bonds. The fraction of sp³-hybridized carbons (Fsp3) is 0.385. The third-order valence-corrected chi connectivity index (χ3v) is 3.10. The van der Waals surface area contributed by atoms with Gasteiger partial charge in [-0.3, -0.25) is 9.59 Å². The maximum absolute atomic E-state index is 11.6. The molecule has 0 bridgehead atoms. The molecule has 0 radical (unpaired) electrons. The average Bonchev–Trinajstić information content (AvgIpc) is 2.37. The second-order valence-electron chi connectivity index (χ2n) is 3.70. The van der Waals surface area contributed by atoms with Crippen LogP contribution in [0.15, 0.2) is 24.3 Å². The summed E-state index contributed by atoms with van der Waals surface area (Å²) in [5, 5.41) is 11.2. The highest BCUT2D eigenvalue weighted by Crippen LogP contribution is 2.16. The van der Waals surface area contributed by atoms with Crippen molar-refractivity contribution in [3.05, 3.63) is 24.3 Å². The summed E-state index contributed by atoms with van der Waals surface area (Å²) in [6.07, 6.45) is 0.0704. The number of carbonyl (C=O) groups excluding carboxylic acids is 1. The number of anilines is 1. The highest BCUT2D eigenvalue weighted by Gasteiger charge is 2.04. The highest BCUT2D eigenvalue weighted by molar-refractivity contribution is 7.99. The van der Waals surface area contributed by atoms with Gasteiger partial charge in [0.15, 0.2) is 0 Å². The van der Waals surface area contributed by atoms with E-state index in [9.17, 15) is 9.59 Å². The summed E-state index contributed by atoms with van der Waals surface area (Å²) < 4.78 is 5.30. The zero-order valence-electron chi connectivity index (χ0n) is 10.7. The number of hydrogen-bond acceptors (Lipinski definition) is 4. The average molecular weight is 283 g/mol. The molecule has 0 atom stereocenters. The largest absolute Gasteiger partial charge is 0.494 e. The van der Waals surface area contributed by atoms with Crippen LogP contribution in [0.25, 0.3) is 0 Å². The molecule has 104 valence electrons. The van der Waals surface area contributed by atoms with Crippen LogP contribution in [0, 0.1) is 0 Å². The second-order valence-corrected chi connectivity index (χ2v) is 4.81. The zero-order chi connectivity index (χ0) is 14.1.